The maximum Gasteiger partial charge on any atom is 0.415 e. The minimum Gasteiger partial charge on any atom is -0.480 e. The third kappa shape index (κ3) is 6.07. The number of methoxy groups -OCH3 is 1. The van der Waals surface area contributed by atoms with Gasteiger partial charge in [0.1, 0.15) is 17.5 Å². The fourth-order valence-electron chi connectivity index (χ4n) is 3.09. The monoisotopic (exact) mass is 589 g/mol. The van der Waals surface area contributed by atoms with E-state index in [1.165, 1.54) is 6.33 Å². The standard InChI is InChI=1S/C21H29ClIN5O3Si/c1-21(2,3)31-20(29)28(12-32(5,6)10-22)18-14(23)9-24-17(27-18)15-16(13-7-8-13)25-11-26-19(15)30-4/h9,11,13H,7-8,10,12H2,1-6H3. The highest BCUT2D eigenvalue weighted by molar-refractivity contribution is 14.1. The molecule has 0 aliphatic heterocycles. The molecule has 1 fully saturated rings. The zero-order chi connectivity index (χ0) is 23.7. The summed E-state index contributed by atoms with van der Waals surface area (Å²) in [6.45, 7) is 9.80. The SMILES string of the molecule is COc1ncnc(C2CC2)c1-c1ncc(I)c(N(C[Si](C)(C)CCl)C(=O)OC(C)(C)C)n1. The number of alkyl halides is 1. The number of carbonyl (C=O) groups excluding carboxylic acids is 1. The lowest BCUT2D eigenvalue weighted by atomic mass is 10.1. The summed E-state index contributed by atoms with van der Waals surface area (Å²) in [5.41, 5.74) is 1.42. The summed E-state index contributed by atoms with van der Waals surface area (Å²) in [6, 6.07) is 0. The van der Waals surface area contributed by atoms with Crippen LogP contribution in [0.2, 0.25) is 13.1 Å². The van der Waals surface area contributed by atoms with Gasteiger partial charge in [-0.1, -0.05) is 13.1 Å². The third-order valence-electron chi connectivity index (χ3n) is 4.77. The summed E-state index contributed by atoms with van der Waals surface area (Å²) >= 11 is 8.39. The summed E-state index contributed by atoms with van der Waals surface area (Å²) in [7, 11) is -0.373. The average molecular weight is 590 g/mol. The summed E-state index contributed by atoms with van der Waals surface area (Å²) in [5, 5.41) is 0. The molecule has 2 aromatic rings. The molecule has 2 heterocycles. The molecule has 0 bridgehead atoms. The molecular weight excluding hydrogens is 561 g/mol. The number of ether oxygens (including phenoxy) is 2. The maximum atomic E-state index is 13.2. The van der Waals surface area contributed by atoms with E-state index in [1.54, 1.807) is 18.2 Å². The van der Waals surface area contributed by atoms with Crippen molar-refractivity contribution in [3.05, 3.63) is 21.8 Å². The second kappa shape index (κ2) is 9.76. The van der Waals surface area contributed by atoms with E-state index in [4.69, 9.17) is 26.1 Å². The predicted molar refractivity (Wildman–Crippen MR) is 136 cm³/mol. The van der Waals surface area contributed by atoms with Crippen molar-refractivity contribution in [1.82, 2.24) is 19.9 Å². The van der Waals surface area contributed by atoms with Crippen molar-refractivity contribution in [2.45, 2.75) is 58.2 Å². The second-order valence-electron chi connectivity index (χ2n) is 9.65. The zero-order valence-corrected chi connectivity index (χ0v) is 23.2. The molecule has 11 heteroatoms. The van der Waals surface area contributed by atoms with Gasteiger partial charge < -0.3 is 9.47 Å². The summed E-state index contributed by atoms with van der Waals surface area (Å²) in [5.74, 6) is 1.69. The van der Waals surface area contributed by atoms with Gasteiger partial charge in [-0.2, -0.15) is 0 Å². The van der Waals surface area contributed by atoms with Crippen LogP contribution in [-0.2, 0) is 4.74 Å². The topological polar surface area (TPSA) is 90.3 Å². The van der Waals surface area contributed by atoms with Crippen molar-refractivity contribution in [3.8, 4) is 17.3 Å². The van der Waals surface area contributed by atoms with E-state index in [9.17, 15) is 4.79 Å². The quantitative estimate of drug-likeness (QED) is 0.249. The molecule has 174 valence electrons. The number of rotatable bonds is 7. The van der Waals surface area contributed by atoms with Crippen molar-refractivity contribution in [1.29, 1.82) is 0 Å². The van der Waals surface area contributed by atoms with Gasteiger partial charge in [0, 0.05) is 23.8 Å². The highest BCUT2D eigenvalue weighted by atomic mass is 127. The van der Waals surface area contributed by atoms with E-state index < -0.39 is 19.8 Å². The number of nitrogens with zero attached hydrogens (tertiary/aromatic N) is 5. The highest BCUT2D eigenvalue weighted by Gasteiger charge is 2.34. The molecule has 0 spiro atoms. The molecule has 0 aromatic carbocycles. The van der Waals surface area contributed by atoms with Crippen LogP contribution in [0.1, 0.15) is 45.2 Å². The third-order valence-corrected chi connectivity index (χ3v) is 9.59. The number of carbonyl (C=O) groups is 1. The molecule has 3 rings (SSSR count). The molecule has 1 aliphatic carbocycles. The largest absolute Gasteiger partial charge is 0.480 e. The second-order valence-corrected chi connectivity index (χ2v) is 16.5. The van der Waals surface area contributed by atoms with Crippen molar-refractivity contribution in [2.24, 2.45) is 0 Å². The summed E-state index contributed by atoms with van der Waals surface area (Å²) in [4.78, 5) is 33.0. The smallest absolute Gasteiger partial charge is 0.415 e. The molecule has 32 heavy (non-hydrogen) atoms. The number of anilines is 1. The number of aromatic nitrogens is 4. The van der Waals surface area contributed by atoms with Crippen LogP contribution in [0.15, 0.2) is 12.5 Å². The van der Waals surface area contributed by atoms with Gasteiger partial charge >= 0.3 is 6.09 Å². The zero-order valence-electron chi connectivity index (χ0n) is 19.3. The fraction of sp³-hybridized carbons (Fsp3) is 0.571. The molecule has 2 aromatic heterocycles. The number of amides is 1. The first-order valence-corrected chi connectivity index (χ1v) is 15.5. The molecule has 0 radical (unpaired) electrons. The molecule has 1 amide bonds. The van der Waals surface area contributed by atoms with E-state index in [0.717, 1.165) is 22.1 Å². The van der Waals surface area contributed by atoms with Crippen LogP contribution in [0.5, 0.6) is 5.88 Å². The van der Waals surface area contributed by atoms with Gasteiger partial charge in [-0.05, 0) is 56.2 Å². The normalized spacial score (nSPS) is 14.2. The minimum absolute atomic E-state index is 0.345. The molecule has 0 unspecified atom stereocenters. The average Bonchev–Trinajstić information content (AvgIpc) is 3.56. The Labute approximate surface area is 208 Å². The lowest BCUT2D eigenvalue weighted by Crippen LogP contribution is -2.49. The first-order valence-electron chi connectivity index (χ1n) is 10.4. The highest BCUT2D eigenvalue weighted by Crippen LogP contribution is 2.45. The Morgan fingerprint density at radius 3 is 2.53 bits per heavy atom. The van der Waals surface area contributed by atoms with Crippen LogP contribution in [0.4, 0.5) is 10.6 Å². The first-order chi connectivity index (χ1) is 15.0. The molecule has 1 saturated carbocycles. The predicted octanol–water partition coefficient (Wildman–Crippen LogP) is 5.19. The van der Waals surface area contributed by atoms with Crippen LogP contribution >= 0.6 is 34.2 Å². The molecule has 0 N–H and O–H groups in total. The van der Waals surface area contributed by atoms with Gasteiger partial charge in [0.25, 0.3) is 0 Å². The lowest BCUT2D eigenvalue weighted by molar-refractivity contribution is 0.0584. The molecule has 0 saturated heterocycles. The van der Waals surface area contributed by atoms with Crippen LogP contribution in [0.25, 0.3) is 11.4 Å². The molecule has 1 aliphatic rings. The van der Waals surface area contributed by atoms with Gasteiger partial charge in [-0.25, -0.2) is 24.7 Å². The molecule has 0 atom stereocenters. The van der Waals surface area contributed by atoms with E-state index >= 15 is 0 Å². The van der Waals surface area contributed by atoms with Gasteiger partial charge in [-0.3, -0.25) is 4.90 Å². The Kier molecular flexibility index (Phi) is 7.65. The van der Waals surface area contributed by atoms with E-state index in [1.807, 2.05) is 20.8 Å². The Morgan fingerprint density at radius 1 is 1.28 bits per heavy atom. The van der Waals surface area contributed by atoms with Crippen molar-refractivity contribution in [3.63, 3.8) is 0 Å². The van der Waals surface area contributed by atoms with Gasteiger partial charge in [-0.15, -0.1) is 11.6 Å². The van der Waals surface area contributed by atoms with Gasteiger partial charge in [0.2, 0.25) is 5.88 Å². The number of hydrogen-bond donors (Lipinski definition) is 0. The summed E-state index contributed by atoms with van der Waals surface area (Å²) < 4.78 is 12.0. The first kappa shape index (κ1) is 25.1. The summed E-state index contributed by atoms with van der Waals surface area (Å²) in [6.07, 6.45) is 5.34. The number of halogens is 2. The van der Waals surface area contributed by atoms with Crippen molar-refractivity contribution < 1.29 is 14.3 Å². The van der Waals surface area contributed by atoms with E-state index in [-0.39, 0.29) is 0 Å². The van der Waals surface area contributed by atoms with Crippen LogP contribution < -0.4 is 9.64 Å². The molecule has 8 nitrogen and oxygen atoms in total. The molecular formula is C21H29ClIN5O3Si. The van der Waals surface area contributed by atoms with Crippen LogP contribution in [0.3, 0.4) is 0 Å². The Hall–Kier alpha value is -1.53. The van der Waals surface area contributed by atoms with E-state index in [2.05, 4.69) is 50.6 Å². The van der Waals surface area contributed by atoms with Crippen molar-refractivity contribution >= 4 is 54.2 Å². The van der Waals surface area contributed by atoms with Gasteiger partial charge in [0.05, 0.1) is 24.4 Å². The number of hydrogen-bond acceptors (Lipinski definition) is 7. The van der Waals surface area contributed by atoms with E-state index in [0.29, 0.717) is 40.7 Å². The lowest BCUT2D eigenvalue weighted by Gasteiger charge is -2.32. The Morgan fingerprint density at radius 2 is 1.97 bits per heavy atom. The maximum absolute atomic E-state index is 13.2. The van der Waals surface area contributed by atoms with Gasteiger partial charge in [0.15, 0.2) is 11.6 Å². The van der Waals surface area contributed by atoms with Crippen LogP contribution in [-0.4, -0.2) is 58.5 Å². The Bertz CT molecular complexity index is 998. The van der Waals surface area contributed by atoms with Crippen LogP contribution in [0, 0.1) is 3.57 Å². The van der Waals surface area contributed by atoms with Crippen molar-refractivity contribution in [2.75, 3.05) is 23.7 Å². The Balaban J connectivity index is 2.12. The minimum atomic E-state index is -1.94. The fourth-order valence-corrected chi connectivity index (χ4v) is 5.12.